The second kappa shape index (κ2) is 14.8. The van der Waals surface area contributed by atoms with E-state index in [1.807, 2.05) is 0 Å². The maximum atomic E-state index is 16.5. The predicted octanol–water partition coefficient (Wildman–Crippen LogP) is 3.27. The fraction of sp³-hybridized carbons (Fsp3) is 0.724. The van der Waals surface area contributed by atoms with Crippen LogP contribution in [-0.2, 0) is 42.9 Å². The van der Waals surface area contributed by atoms with Gasteiger partial charge in [0.05, 0.1) is 23.7 Å². The number of halogens is 1. The number of carbonyl (C=O) groups is 4. The summed E-state index contributed by atoms with van der Waals surface area (Å²) in [6.07, 6.45) is 0.632. The first-order chi connectivity index (χ1) is 20.2. The number of hydrogen-bond donors (Lipinski definition) is 1. The summed E-state index contributed by atoms with van der Waals surface area (Å²) >= 11 is 0. The Morgan fingerprint density at radius 2 is 1.58 bits per heavy atom. The van der Waals surface area contributed by atoms with Crippen LogP contribution in [0.4, 0.5) is 10.2 Å². The fourth-order valence-corrected chi connectivity index (χ4v) is 4.55. The maximum absolute atomic E-state index is 16.5. The number of nitrogens with zero attached hydrogens (tertiary/aromatic N) is 2. The van der Waals surface area contributed by atoms with E-state index in [2.05, 4.69) is 10.3 Å². The van der Waals surface area contributed by atoms with Crippen molar-refractivity contribution >= 4 is 29.7 Å². The molecule has 1 aromatic heterocycles. The van der Waals surface area contributed by atoms with Crippen LogP contribution in [0.2, 0.25) is 0 Å². The molecule has 2 fully saturated rings. The van der Waals surface area contributed by atoms with Gasteiger partial charge in [0.15, 0.2) is 25.7 Å². The smallest absolute Gasteiger partial charge is 0.351 e. The second-order valence-corrected chi connectivity index (χ2v) is 11.7. The molecule has 2 heterocycles. The van der Waals surface area contributed by atoms with Crippen LogP contribution < -0.4 is 11.0 Å². The number of esters is 4. The molecule has 1 aliphatic carbocycles. The summed E-state index contributed by atoms with van der Waals surface area (Å²) in [6.45, 7) is 8.02. The Balaban J connectivity index is 1.86. The molecule has 1 N–H and O–H groups in total. The molecule has 3 rings (SSSR count). The highest BCUT2D eigenvalue weighted by Gasteiger charge is 2.62. The number of rotatable bonds is 12. The van der Waals surface area contributed by atoms with Crippen LogP contribution in [0.25, 0.3) is 0 Å². The molecule has 43 heavy (non-hydrogen) atoms. The van der Waals surface area contributed by atoms with Crippen molar-refractivity contribution in [2.24, 2.45) is 23.7 Å². The van der Waals surface area contributed by atoms with Crippen LogP contribution >= 0.6 is 0 Å². The Morgan fingerprint density at radius 1 is 0.977 bits per heavy atom. The first-order valence-electron chi connectivity index (χ1n) is 14.7. The highest BCUT2D eigenvalue weighted by Crippen LogP contribution is 2.42. The molecule has 1 aromatic rings. The molecule has 0 spiro atoms. The average molecular weight is 612 g/mol. The minimum Gasteiger partial charge on any atom is -0.459 e. The van der Waals surface area contributed by atoms with Gasteiger partial charge in [0.2, 0.25) is 6.10 Å². The summed E-state index contributed by atoms with van der Waals surface area (Å²) in [6, 6.07) is 1.35. The standard InChI is InChI=1S/C29H42FN3O10/c1-16(2)24(34)39-14-29(30)22(42-26(36)18(5)6)21(41-25(35)17(3)4)23(43-29)33-13-12-20(32-28(33)38)31-15-40-27(37)19-10-8-7-9-11-19/h12-13,16-19,21-23H,7-11,14-15H2,1-6H3,(H,31,32,38)/t21-,22+,23-,29-/m1/s1. The lowest BCUT2D eigenvalue weighted by atomic mass is 9.89. The van der Waals surface area contributed by atoms with E-state index in [1.54, 1.807) is 27.7 Å². The predicted molar refractivity (Wildman–Crippen MR) is 149 cm³/mol. The number of alkyl halides is 1. The Bertz CT molecular complexity index is 1210. The zero-order chi connectivity index (χ0) is 31.9. The average Bonchev–Trinajstić information content (AvgIpc) is 3.22. The van der Waals surface area contributed by atoms with Crippen LogP contribution in [0.1, 0.15) is 79.9 Å². The van der Waals surface area contributed by atoms with Crippen LogP contribution in [0.5, 0.6) is 0 Å². The van der Waals surface area contributed by atoms with Crippen molar-refractivity contribution in [3.05, 3.63) is 22.7 Å². The van der Waals surface area contributed by atoms with Gasteiger partial charge in [0, 0.05) is 6.20 Å². The van der Waals surface area contributed by atoms with Gasteiger partial charge in [-0.3, -0.25) is 23.7 Å². The van der Waals surface area contributed by atoms with E-state index in [1.165, 1.54) is 26.1 Å². The number of nitrogens with one attached hydrogen (secondary N) is 1. The van der Waals surface area contributed by atoms with Crippen molar-refractivity contribution in [1.29, 1.82) is 0 Å². The molecule has 2 aliphatic rings. The first kappa shape index (κ1) is 33.9. The third-order valence-electron chi connectivity index (χ3n) is 7.15. The number of aromatic nitrogens is 2. The number of ether oxygens (including phenoxy) is 5. The molecule has 1 saturated carbocycles. The molecule has 4 atom stereocenters. The van der Waals surface area contributed by atoms with Crippen molar-refractivity contribution in [1.82, 2.24) is 9.55 Å². The van der Waals surface area contributed by atoms with Crippen LogP contribution in [0.3, 0.4) is 0 Å². The molecule has 0 aromatic carbocycles. The lowest BCUT2D eigenvalue weighted by Gasteiger charge is -2.28. The van der Waals surface area contributed by atoms with Gasteiger partial charge < -0.3 is 29.0 Å². The fourth-order valence-electron chi connectivity index (χ4n) is 4.55. The largest absolute Gasteiger partial charge is 0.459 e. The zero-order valence-corrected chi connectivity index (χ0v) is 25.5. The second-order valence-electron chi connectivity index (χ2n) is 11.7. The first-order valence-corrected chi connectivity index (χ1v) is 14.7. The minimum absolute atomic E-state index is 0.0616. The van der Waals surface area contributed by atoms with E-state index in [-0.39, 0.29) is 24.4 Å². The molecule has 1 aliphatic heterocycles. The Morgan fingerprint density at radius 3 is 2.16 bits per heavy atom. The van der Waals surface area contributed by atoms with Gasteiger partial charge in [0.25, 0.3) is 5.85 Å². The van der Waals surface area contributed by atoms with Crippen LogP contribution in [0, 0.1) is 23.7 Å². The monoisotopic (exact) mass is 611 g/mol. The number of carbonyl (C=O) groups excluding carboxylic acids is 4. The summed E-state index contributed by atoms with van der Waals surface area (Å²) < 4.78 is 44.3. The van der Waals surface area contributed by atoms with E-state index in [0.717, 1.165) is 36.7 Å². The highest BCUT2D eigenvalue weighted by molar-refractivity contribution is 5.74. The van der Waals surface area contributed by atoms with Gasteiger partial charge in [-0.2, -0.15) is 4.98 Å². The molecule has 13 nitrogen and oxygen atoms in total. The molecule has 14 heteroatoms. The van der Waals surface area contributed by atoms with Crippen LogP contribution in [0.15, 0.2) is 17.1 Å². The van der Waals surface area contributed by atoms with Crippen molar-refractivity contribution < 1.29 is 47.3 Å². The normalized spacial score (nSPS) is 24.2. The van der Waals surface area contributed by atoms with Crippen molar-refractivity contribution in [2.75, 3.05) is 18.7 Å². The molecular formula is C29H42FN3O10. The van der Waals surface area contributed by atoms with E-state index >= 15 is 4.39 Å². The molecular weight excluding hydrogens is 569 g/mol. The van der Waals surface area contributed by atoms with Gasteiger partial charge in [-0.15, -0.1) is 0 Å². The maximum Gasteiger partial charge on any atom is 0.351 e. The number of anilines is 1. The van der Waals surface area contributed by atoms with E-state index < -0.39 is 72.2 Å². The quantitative estimate of drug-likeness (QED) is 0.209. The van der Waals surface area contributed by atoms with Crippen molar-refractivity contribution in [3.8, 4) is 0 Å². The highest BCUT2D eigenvalue weighted by atomic mass is 19.2. The Labute approximate surface area is 249 Å². The molecule has 0 radical (unpaired) electrons. The summed E-state index contributed by atoms with van der Waals surface area (Å²) in [4.78, 5) is 66.7. The minimum atomic E-state index is -2.98. The molecule has 240 valence electrons. The summed E-state index contributed by atoms with van der Waals surface area (Å²) in [5.74, 6) is -7.69. The summed E-state index contributed by atoms with van der Waals surface area (Å²) in [7, 11) is 0. The van der Waals surface area contributed by atoms with Crippen molar-refractivity contribution in [2.45, 2.75) is 97.9 Å². The Hall–Kier alpha value is -3.55. The molecule has 0 bridgehead atoms. The SMILES string of the molecule is CC(C)C(=O)OC[C@@]1(F)O[C@@H](n2ccc(NCOC(=O)C3CCCCC3)nc2=O)[C@H](OC(=O)C(C)C)[C@@H]1OC(=O)C(C)C. The lowest BCUT2D eigenvalue weighted by Crippen LogP contribution is -2.48. The topological polar surface area (TPSA) is 161 Å². The van der Waals surface area contributed by atoms with Gasteiger partial charge >= 0.3 is 29.6 Å². The molecule has 1 saturated heterocycles. The Kier molecular flexibility index (Phi) is 11.7. The van der Waals surface area contributed by atoms with E-state index in [9.17, 15) is 24.0 Å². The molecule has 0 unspecified atom stereocenters. The van der Waals surface area contributed by atoms with Gasteiger partial charge in [-0.05, 0) is 18.9 Å². The number of hydrogen-bond acceptors (Lipinski definition) is 12. The van der Waals surface area contributed by atoms with E-state index in [0.29, 0.717) is 0 Å². The van der Waals surface area contributed by atoms with Gasteiger partial charge in [0.1, 0.15) is 5.82 Å². The summed E-state index contributed by atoms with van der Waals surface area (Å²) in [5, 5.41) is 2.74. The third-order valence-corrected chi connectivity index (χ3v) is 7.15. The van der Waals surface area contributed by atoms with Crippen molar-refractivity contribution in [3.63, 3.8) is 0 Å². The van der Waals surface area contributed by atoms with Gasteiger partial charge in [-0.1, -0.05) is 60.8 Å². The third kappa shape index (κ3) is 8.74. The zero-order valence-electron chi connectivity index (χ0n) is 25.5. The lowest BCUT2D eigenvalue weighted by molar-refractivity contribution is -0.226. The molecule has 0 amide bonds. The van der Waals surface area contributed by atoms with Gasteiger partial charge in [-0.25, -0.2) is 9.18 Å². The van der Waals surface area contributed by atoms with Crippen LogP contribution in [-0.4, -0.2) is 64.8 Å². The summed E-state index contributed by atoms with van der Waals surface area (Å²) in [5.41, 5.74) is -0.934. The van der Waals surface area contributed by atoms with E-state index in [4.69, 9.17) is 23.7 Å².